The normalized spacial score (nSPS) is 23.7. The van der Waals surface area contributed by atoms with Crippen molar-refractivity contribution >= 4 is 5.91 Å². The molecule has 2 atom stereocenters. The smallest absolute Gasteiger partial charge is 0.260 e. The number of rotatable bonds is 4. The minimum atomic E-state index is -0.364. The van der Waals surface area contributed by atoms with E-state index in [1.807, 2.05) is 13.2 Å². The minimum absolute atomic E-state index is 0.150. The maximum atomic E-state index is 13.3. The van der Waals surface area contributed by atoms with Crippen molar-refractivity contribution in [3.63, 3.8) is 0 Å². The van der Waals surface area contributed by atoms with Gasteiger partial charge >= 0.3 is 0 Å². The molecule has 0 bridgehead atoms. The second-order valence-corrected chi connectivity index (χ2v) is 7.57. The van der Waals surface area contributed by atoms with Crippen LogP contribution in [0.1, 0.15) is 41.2 Å². The highest BCUT2D eigenvalue weighted by Gasteiger charge is 2.39. The Labute approximate surface area is 164 Å². The molecule has 0 saturated carbocycles. The fourth-order valence-corrected chi connectivity index (χ4v) is 4.24. The van der Waals surface area contributed by atoms with Crippen molar-refractivity contribution < 1.29 is 9.53 Å². The molecule has 0 unspecified atom stereocenters. The molecular formula is C20H27N5O3. The third-order valence-corrected chi connectivity index (χ3v) is 5.61. The number of nitrogens with one attached hydrogen (secondary N) is 1. The standard InChI is InChI=1S/C20H27N5O3/c1-23-13-15(12-22-23)18-17(14-24-8-3-2-4-9-24)28-11-10-25(18)20(27)16-6-5-7-21-19(16)26/h5-7,12-13,17-18H,2-4,8-11,14H2,1H3,(H,21,26)/t17-,18-/m0/s1. The molecule has 2 aliphatic heterocycles. The number of carbonyl (C=O) groups is 1. The number of ether oxygens (including phenoxy) is 1. The van der Waals surface area contributed by atoms with Crippen LogP contribution in [0.25, 0.3) is 0 Å². The molecule has 2 saturated heterocycles. The number of hydrogen-bond donors (Lipinski definition) is 1. The van der Waals surface area contributed by atoms with Gasteiger partial charge in [0.25, 0.3) is 11.5 Å². The lowest BCUT2D eigenvalue weighted by Gasteiger charge is -2.43. The lowest BCUT2D eigenvalue weighted by Crippen LogP contribution is -2.52. The molecule has 2 fully saturated rings. The number of carbonyl (C=O) groups excluding carboxylic acids is 1. The van der Waals surface area contributed by atoms with E-state index in [0.717, 1.165) is 25.2 Å². The molecular weight excluding hydrogens is 358 g/mol. The number of morpholine rings is 1. The SMILES string of the molecule is Cn1cc([C@H]2[C@H](CN3CCCCC3)OCCN2C(=O)c2ccc[nH]c2=O)cn1. The van der Waals surface area contributed by atoms with Crippen molar-refractivity contribution in [1.29, 1.82) is 0 Å². The van der Waals surface area contributed by atoms with Crippen LogP contribution in [-0.2, 0) is 11.8 Å². The molecule has 2 aliphatic rings. The predicted octanol–water partition coefficient (Wildman–Crippen LogP) is 1.18. The van der Waals surface area contributed by atoms with E-state index in [-0.39, 0.29) is 29.2 Å². The first-order valence-corrected chi connectivity index (χ1v) is 9.94. The Balaban J connectivity index is 1.64. The van der Waals surface area contributed by atoms with Gasteiger partial charge in [0, 0.05) is 38.1 Å². The summed E-state index contributed by atoms with van der Waals surface area (Å²) in [4.78, 5) is 32.2. The molecule has 1 N–H and O–H groups in total. The van der Waals surface area contributed by atoms with Crippen LogP contribution in [0.2, 0.25) is 0 Å². The highest BCUT2D eigenvalue weighted by molar-refractivity contribution is 5.94. The van der Waals surface area contributed by atoms with Crippen molar-refractivity contribution in [3.05, 3.63) is 52.2 Å². The van der Waals surface area contributed by atoms with E-state index < -0.39 is 0 Å². The van der Waals surface area contributed by atoms with Crippen molar-refractivity contribution in [2.75, 3.05) is 32.8 Å². The molecule has 8 heteroatoms. The van der Waals surface area contributed by atoms with E-state index in [0.29, 0.717) is 13.2 Å². The van der Waals surface area contributed by atoms with Crippen LogP contribution < -0.4 is 5.56 Å². The van der Waals surface area contributed by atoms with E-state index in [4.69, 9.17) is 4.74 Å². The average Bonchev–Trinajstić information content (AvgIpc) is 3.14. The van der Waals surface area contributed by atoms with Gasteiger partial charge in [-0.3, -0.25) is 14.3 Å². The Morgan fingerprint density at radius 3 is 2.82 bits per heavy atom. The Bertz CT molecular complexity index is 870. The molecule has 8 nitrogen and oxygen atoms in total. The third-order valence-electron chi connectivity index (χ3n) is 5.61. The zero-order chi connectivity index (χ0) is 19.5. The predicted molar refractivity (Wildman–Crippen MR) is 104 cm³/mol. The maximum absolute atomic E-state index is 13.3. The molecule has 0 aromatic carbocycles. The topological polar surface area (TPSA) is 83.5 Å². The number of likely N-dealkylation sites (tertiary alicyclic amines) is 1. The lowest BCUT2D eigenvalue weighted by molar-refractivity contribution is -0.0742. The highest BCUT2D eigenvalue weighted by Crippen LogP contribution is 2.31. The van der Waals surface area contributed by atoms with Gasteiger partial charge in [0.15, 0.2) is 0 Å². The third kappa shape index (κ3) is 3.88. The molecule has 4 rings (SSSR count). The van der Waals surface area contributed by atoms with Gasteiger partial charge in [-0.05, 0) is 38.1 Å². The van der Waals surface area contributed by atoms with Crippen LogP contribution >= 0.6 is 0 Å². The Hall–Kier alpha value is -2.45. The molecule has 2 aromatic heterocycles. The van der Waals surface area contributed by atoms with Gasteiger partial charge in [-0.15, -0.1) is 0 Å². The monoisotopic (exact) mass is 385 g/mol. The molecule has 150 valence electrons. The summed E-state index contributed by atoms with van der Waals surface area (Å²) in [6.45, 7) is 3.81. The molecule has 2 aromatic rings. The fourth-order valence-electron chi connectivity index (χ4n) is 4.24. The van der Waals surface area contributed by atoms with Gasteiger partial charge in [-0.2, -0.15) is 5.10 Å². The summed E-state index contributed by atoms with van der Waals surface area (Å²) in [5.41, 5.74) is 0.733. The second kappa shape index (κ2) is 8.28. The molecule has 1 amide bonds. The largest absolute Gasteiger partial charge is 0.373 e. The van der Waals surface area contributed by atoms with Crippen LogP contribution in [0.3, 0.4) is 0 Å². The summed E-state index contributed by atoms with van der Waals surface area (Å²) in [6, 6.07) is 2.99. The van der Waals surface area contributed by atoms with Crippen LogP contribution in [-0.4, -0.2) is 69.4 Å². The Morgan fingerprint density at radius 1 is 1.29 bits per heavy atom. The molecule has 0 radical (unpaired) electrons. The number of aromatic amines is 1. The van der Waals surface area contributed by atoms with E-state index in [9.17, 15) is 9.59 Å². The van der Waals surface area contributed by atoms with Crippen molar-refractivity contribution in [2.45, 2.75) is 31.4 Å². The molecule has 0 spiro atoms. The quantitative estimate of drug-likeness (QED) is 0.854. The number of H-pyrrole nitrogens is 1. The van der Waals surface area contributed by atoms with E-state index >= 15 is 0 Å². The summed E-state index contributed by atoms with van der Waals surface area (Å²) >= 11 is 0. The zero-order valence-corrected chi connectivity index (χ0v) is 16.2. The van der Waals surface area contributed by atoms with Crippen LogP contribution in [0.15, 0.2) is 35.5 Å². The number of piperidine rings is 1. The van der Waals surface area contributed by atoms with Gasteiger partial charge in [-0.25, -0.2) is 0 Å². The first-order chi connectivity index (χ1) is 13.6. The van der Waals surface area contributed by atoms with Gasteiger partial charge in [0.2, 0.25) is 0 Å². The Morgan fingerprint density at radius 2 is 2.11 bits per heavy atom. The molecule has 4 heterocycles. The molecule has 0 aliphatic carbocycles. The van der Waals surface area contributed by atoms with E-state index in [1.54, 1.807) is 27.9 Å². The average molecular weight is 385 g/mol. The maximum Gasteiger partial charge on any atom is 0.260 e. The van der Waals surface area contributed by atoms with Crippen LogP contribution in [0, 0.1) is 0 Å². The van der Waals surface area contributed by atoms with Crippen LogP contribution in [0.5, 0.6) is 0 Å². The number of amides is 1. The minimum Gasteiger partial charge on any atom is -0.373 e. The summed E-state index contributed by atoms with van der Waals surface area (Å²) in [6.07, 6.45) is 8.78. The van der Waals surface area contributed by atoms with Gasteiger partial charge in [0.05, 0.1) is 24.9 Å². The zero-order valence-electron chi connectivity index (χ0n) is 16.2. The van der Waals surface area contributed by atoms with Crippen molar-refractivity contribution in [2.24, 2.45) is 7.05 Å². The van der Waals surface area contributed by atoms with Crippen molar-refractivity contribution in [3.8, 4) is 0 Å². The summed E-state index contributed by atoms with van der Waals surface area (Å²) in [5, 5.41) is 4.30. The van der Waals surface area contributed by atoms with E-state index in [2.05, 4.69) is 15.0 Å². The number of pyridine rings is 1. The van der Waals surface area contributed by atoms with E-state index in [1.165, 1.54) is 25.5 Å². The number of aryl methyl sites for hydroxylation is 1. The molecule has 28 heavy (non-hydrogen) atoms. The van der Waals surface area contributed by atoms with Crippen LogP contribution in [0.4, 0.5) is 0 Å². The van der Waals surface area contributed by atoms with Gasteiger partial charge in [-0.1, -0.05) is 6.42 Å². The lowest BCUT2D eigenvalue weighted by atomic mass is 9.98. The summed E-state index contributed by atoms with van der Waals surface area (Å²) < 4.78 is 7.88. The summed E-state index contributed by atoms with van der Waals surface area (Å²) in [5.74, 6) is -0.261. The second-order valence-electron chi connectivity index (χ2n) is 7.57. The van der Waals surface area contributed by atoms with Gasteiger partial charge < -0.3 is 19.5 Å². The highest BCUT2D eigenvalue weighted by atomic mass is 16.5. The fraction of sp³-hybridized carbons (Fsp3) is 0.550. The summed E-state index contributed by atoms with van der Waals surface area (Å²) in [7, 11) is 1.86. The number of aromatic nitrogens is 3. The first-order valence-electron chi connectivity index (χ1n) is 9.94. The van der Waals surface area contributed by atoms with Crippen molar-refractivity contribution in [1.82, 2.24) is 24.6 Å². The number of nitrogens with zero attached hydrogens (tertiary/aromatic N) is 4. The number of hydrogen-bond acceptors (Lipinski definition) is 5. The van der Waals surface area contributed by atoms with Gasteiger partial charge in [0.1, 0.15) is 5.56 Å². The first kappa shape index (κ1) is 18.9. The Kier molecular flexibility index (Phi) is 5.59.